The summed E-state index contributed by atoms with van der Waals surface area (Å²) in [5, 5.41) is 32.9. The van der Waals surface area contributed by atoms with Crippen molar-refractivity contribution < 1.29 is 24.8 Å². The first-order valence-electron chi connectivity index (χ1n) is 14.3. The molecular weight excluding hydrogens is 440 g/mol. The van der Waals surface area contributed by atoms with Crippen LogP contribution in [0, 0.1) is 50.7 Å². The third kappa shape index (κ3) is 2.83. The molecule has 0 aromatic heterocycles. The molecule has 6 fully saturated rings. The zero-order chi connectivity index (χ0) is 25.2. The molecular formula is C30H48O5. The standard InChI is InChI=1S/C30H48O5/c1-17-15-18(7-10-22(32)34-6)35-24-23(17)27(4)13-14-30-16-29(30)12-11-21(31)26(2,3)19(29)8-9-20(30)28(27,5)25(24)33/h7,10,17-25,31-33H,8-9,11-16H2,1-6H3/b10-7+/t17?,18?,19-,20-,21?,22?,23?,24?,25-,27+,28+,29+,30?/m0/s1. The molecule has 1 saturated heterocycles. The smallest absolute Gasteiger partial charge is 0.173 e. The molecule has 1 aliphatic heterocycles. The summed E-state index contributed by atoms with van der Waals surface area (Å²) in [4.78, 5) is 0. The number of methoxy groups -OCH3 is 1. The summed E-state index contributed by atoms with van der Waals surface area (Å²) in [6.07, 6.45) is 10.9. The number of aliphatic hydroxyl groups excluding tert-OH is 3. The van der Waals surface area contributed by atoms with Crippen LogP contribution in [0.15, 0.2) is 12.2 Å². The molecule has 35 heavy (non-hydrogen) atoms. The number of fused-ring (bicyclic) bond motifs is 4. The normalized spacial score (nSPS) is 59.1. The second-order valence-corrected chi connectivity index (χ2v) is 14.6. The Morgan fingerprint density at radius 3 is 2.37 bits per heavy atom. The van der Waals surface area contributed by atoms with Crippen LogP contribution in [0.4, 0.5) is 0 Å². The van der Waals surface area contributed by atoms with Gasteiger partial charge >= 0.3 is 0 Å². The molecule has 0 radical (unpaired) electrons. The highest BCUT2D eigenvalue weighted by Gasteiger charge is 2.84. The van der Waals surface area contributed by atoms with E-state index < -0.39 is 12.4 Å². The summed E-state index contributed by atoms with van der Waals surface area (Å²) in [6, 6.07) is 0. The van der Waals surface area contributed by atoms with Gasteiger partial charge in [-0.1, -0.05) is 40.7 Å². The van der Waals surface area contributed by atoms with Crippen LogP contribution in [0.1, 0.15) is 86.0 Å². The van der Waals surface area contributed by atoms with Crippen molar-refractivity contribution in [2.24, 2.45) is 50.7 Å². The van der Waals surface area contributed by atoms with E-state index >= 15 is 0 Å². The fourth-order valence-electron chi connectivity index (χ4n) is 11.7. The van der Waals surface area contributed by atoms with Gasteiger partial charge in [0.1, 0.15) is 0 Å². The van der Waals surface area contributed by atoms with Gasteiger partial charge < -0.3 is 24.8 Å². The van der Waals surface area contributed by atoms with Gasteiger partial charge in [-0.15, -0.1) is 0 Å². The third-order valence-corrected chi connectivity index (χ3v) is 13.5. The second kappa shape index (κ2) is 7.56. The molecule has 198 valence electrons. The number of ether oxygens (including phenoxy) is 2. The molecule has 0 aromatic carbocycles. The molecule has 5 heteroatoms. The molecule has 0 amide bonds. The minimum atomic E-state index is -0.919. The van der Waals surface area contributed by atoms with Gasteiger partial charge in [-0.25, -0.2) is 0 Å². The van der Waals surface area contributed by atoms with Crippen molar-refractivity contribution in [3.8, 4) is 0 Å². The van der Waals surface area contributed by atoms with Gasteiger partial charge in [0, 0.05) is 12.5 Å². The molecule has 6 rings (SSSR count). The Morgan fingerprint density at radius 2 is 1.66 bits per heavy atom. The van der Waals surface area contributed by atoms with Gasteiger partial charge in [0.15, 0.2) is 6.29 Å². The maximum atomic E-state index is 12.2. The molecule has 0 bridgehead atoms. The topological polar surface area (TPSA) is 79.2 Å². The van der Waals surface area contributed by atoms with Crippen LogP contribution in [0.3, 0.4) is 0 Å². The zero-order valence-corrected chi connectivity index (χ0v) is 22.7. The van der Waals surface area contributed by atoms with Crippen molar-refractivity contribution in [1.82, 2.24) is 0 Å². The third-order valence-electron chi connectivity index (χ3n) is 13.5. The highest BCUT2D eigenvalue weighted by atomic mass is 16.6. The number of hydrogen-bond acceptors (Lipinski definition) is 5. The maximum absolute atomic E-state index is 12.2. The summed E-state index contributed by atoms with van der Waals surface area (Å²) >= 11 is 0. The van der Waals surface area contributed by atoms with Crippen molar-refractivity contribution in [3.63, 3.8) is 0 Å². The average Bonchev–Trinajstić information content (AvgIpc) is 3.45. The van der Waals surface area contributed by atoms with Crippen molar-refractivity contribution in [1.29, 1.82) is 0 Å². The fraction of sp³-hybridized carbons (Fsp3) is 0.933. The van der Waals surface area contributed by atoms with Crippen molar-refractivity contribution >= 4 is 0 Å². The first kappa shape index (κ1) is 24.9. The van der Waals surface area contributed by atoms with Gasteiger partial charge in [0.2, 0.25) is 0 Å². The van der Waals surface area contributed by atoms with E-state index in [2.05, 4.69) is 34.6 Å². The summed E-state index contributed by atoms with van der Waals surface area (Å²) < 4.78 is 11.6. The van der Waals surface area contributed by atoms with Crippen LogP contribution in [0.5, 0.6) is 0 Å². The predicted molar refractivity (Wildman–Crippen MR) is 134 cm³/mol. The highest BCUT2D eigenvalue weighted by Crippen LogP contribution is 2.89. The van der Waals surface area contributed by atoms with E-state index in [-0.39, 0.29) is 34.6 Å². The SMILES string of the molecule is COC(O)/C=C/C1CC(C)C2C(O1)[C@H](O)[C@@]1(C)[C@@H]3CC[C@H]4C(C)(C)C(O)CC[C@@]45CC35CC[C@]21C. The molecule has 5 aliphatic carbocycles. The quantitative estimate of drug-likeness (QED) is 0.397. The van der Waals surface area contributed by atoms with Crippen LogP contribution < -0.4 is 0 Å². The van der Waals surface area contributed by atoms with Gasteiger partial charge in [0.25, 0.3) is 0 Å². The maximum Gasteiger partial charge on any atom is 0.173 e. The summed E-state index contributed by atoms with van der Waals surface area (Å²) in [5.74, 6) is 1.93. The Kier molecular flexibility index (Phi) is 5.37. The number of rotatable bonds is 3. The largest absolute Gasteiger partial charge is 0.393 e. The average molecular weight is 489 g/mol. The lowest BCUT2D eigenvalue weighted by Crippen LogP contribution is -2.59. The van der Waals surface area contributed by atoms with Crippen LogP contribution in [-0.2, 0) is 9.47 Å². The first-order valence-corrected chi connectivity index (χ1v) is 14.3. The van der Waals surface area contributed by atoms with Crippen molar-refractivity contribution in [2.45, 2.75) is 117 Å². The molecule has 0 aromatic rings. The lowest BCUT2D eigenvalue weighted by atomic mass is 9.41. The molecule has 7 unspecified atom stereocenters. The Bertz CT molecular complexity index is 901. The first-order chi connectivity index (χ1) is 16.4. The highest BCUT2D eigenvalue weighted by molar-refractivity contribution is 5.32. The van der Waals surface area contributed by atoms with Crippen molar-refractivity contribution in [2.75, 3.05) is 7.11 Å². The van der Waals surface area contributed by atoms with Gasteiger partial charge in [-0.05, 0) is 103 Å². The molecule has 5 nitrogen and oxygen atoms in total. The van der Waals surface area contributed by atoms with E-state index in [0.717, 1.165) is 19.3 Å². The van der Waals surface area contributed by atoms with E-state index in [1.165, 1.54) is 39.2 Å². The number of aliphatic hydroxyl groups is 3. The fourth-order valence-corrected chi connectivity index (χ4v) is 11.7. The monoisotopic (exact) mass is 488 g/mol. The number of hydrogen-bond donors (Lipinski definition) is 3. The van der Waals surface area contributed by atoms with Crippen molar-refractivity contribution in [3.05, 3.63) is 12.2 Å². The minimum Gasteiger partial charge on any atom is -0.393 e. The lowest BCUT2D eigenvalue weighted by molar-refractivity contribution is -0.182. The Balaban J connectivity index is 1.33. The van der Waals surface area contributed by atoms with Crippen LogP contribution >= 0.6 is 0 Å². The van der Waals surface area contributed by atoms with E-state index in [9.17, 15) is 15.3 Å². The molecule has 6 aliphatic rings. The van der Waals surface area contributed by atoms with Crippen LogP contribution in [0.2, 0.25) is 0 Å². The molecule has 5 saturated carbocycles. The van der Waals surface area contributed by atoms with E-state index in [1.54, 1.807) is 6.08 Å². The summed E-state index contributed by atoms with van der Waals surface area (Å²) in [7, 11) is 1.49. The summed E-state index contributed by atoms with van der Waals surface area (Å²) in [6.45, 7) is 11.9. The van der Waals surface area contributed by atoms with Crippen LogP contribution in [-0.4, -0.2) is 53.1 Å². The second-order valence-electron chi connectivity index (χ2n) is 14.6. The van der Waals surface area contributed by atoms with Gasteiger partial charge in [-0.2, -0.15) is 0 Å². The molecule has 1 heterocycles. The summed E-state index contributed by atoms with van der Waals surface area (Å²) in [5.41, 5.74) is 0.591. The van der Waals surface area contributed by atoms with Crippen LogP contribution in [0.25, 0.3) is 0 Å². The zero-order valence-electron chi connectivity index (χ0n) is 22.7. The van der Waals surface area contributed by atoms with E-state index in [0.29, 0.717) is 34.5 Å². The Hall–Kier alpha value is -0.460. The Morgan fingerprint density at radius 1 is 0.971 bits per heavy atom. The molecule has 2 spiro atoms. The predicted octanol–water partition coefficient (Wildman–Crippen LogP) is 4.68. The molecule has 3 N–H and O–H groups in total. The van der Waals surface area contributed by atoms with E-state index in [4.69, 9.17) is 9.47 Å². The molecule has 13 atom stereocenters. The van der Waals surface area contributed by atoms with Gasteiger partial charge in [-0.3, -0.25) is 0 Å². The lowest BCUT2D eigenvalue weighted by Gasteiger charge is -2.63. The van der Waals surface area contributed by atoms with Gasteiger partial charge in [0.05, 0.1) is 24.4 Å². The minimum absolute atomic E-state index is 0.0133. The van der Waals surface area contributed by atoms with E-state index in [1.807, 2.05) is 6.08 Å². The Labute approximate surface area is 211 Å².